The van der Waals surface area contributed by atoms with Crippen molar-refractivity contribution in [1.82, 2.24) is 15.5 Å². The predicted molar refractivity (Wildman–Crippen MR) is 118 cm³/mol. The summed E-state index contributed by atoms with van der Waals surface area (Å²) < 4.78 is 10.9. The molecule has 0 bridgehead atoms. The van der Waals surface area contributed by atoms with Gasteiger partial charge in [0.05, 0.1) is 12.7 Å². The van der Waals surface area contributed by atoms with E-state index in [1.165, 1.54) is 0 Å². The average molecular weight is 472 g/mol. The lowest BCUT2D eigenvalue weighted by Crippen LogP contribution is -2.39. The van der Waals surface area contributed by atoms with Gasteiger partial charge in [-0.15, -0.1) is 24.0 Å². The van der Waals surface area contributed by atoms with Crippen LogP contribution in [0.1, 0.15) is 40.5 Å². The second-order valence-corrected chi connectivity index (χ2v) is 6.36. The van der Waals surface area contributed by atoms with Crippen LogP contribution in [-0.4, -0.2) is 77.1 Å². The molecule has 25 heavy (non-hydrogen) atoms. The predicted octanol–water partition coefficient (Wildman–Crippen LogP) is 2.58. The molecular weight excluding hydrogens is 431 g/mol. The minimum Gasteiger partial charge on any atom is -0.383 e. The van der Waals surface area contributed by atoms with Crippen LogP contribution in [0.4, 0.5) is 0 Å². The van der Waals surface area contributed by atoms with Crippen molar-refractivity contribution in [2.24, 2.45) is 10.9 Å². The molecule has 6 nitrogen and oxygen atoms in total. The zero-order valence-corrected chi connectivity index (χ0v) is 19.5. The van der Waals surface area contributed by atoms with Gasteiger partial charge in [-0.1, -0.05) is 13.8 Å². The minimum absolute atomic E-state index is 0. The average Bonchev–Trinajstić information content (AvgIpc) is 2.55. The van der Waals surface area contributed by atoms with Crippen molar-refractivity contribution in [2.75, 3.05) is 60.1 Å². The molecule has 1 atom stereocenters. The topological polar surface area (TPSA) is 58.1 Å². The van der Waals surface area contributed by atoms with Crippen LogP contribution < -0.4 is 10.6 Å². The van der Waals surface area contributed by atoms with Crippen LogP contribution in [0, 0.1) is 5.92 Å². The van der Waals surface area contributed by atoms with Crippen LogP contribution in [0.25, 0.3) is 0 Å². The molecule has 0 amide bonds. The molecule has 0 aromatic heterocycles. The van der Waals surface area contributed by atoms with Gasteiger partial charge in [0.25, 0.3) is 0 Å². The van der Waals surface area contributed by atoms with E-state index in [1.54, 1.807) is 7.11 Å². The fourth-order valence-electron chi connectivity index (χ4n) is 2.39. The summed E-state index contributed by atoms with van der Waals surface area (Å²) in [5.74, 6) is 1.44. The summed E-state index contributed by atoms with van der Waals surface area (Å²) in [7, 11) is 3.86. The van der Waals surface area contributed by atoms with Crippen molar-refractivity contribution < 1.29 is 9.47 Å². The molecule has 0 aliphatic heterocycles. The van der Waals surface area contributed by atoms with E-state index in [2.05, 4.69) is 55.3 Å². The Kier molecular flexibility index (Phi) is 20.2. The maximum absolute atomic E-state index is 5.79. The van der Waals surface area contributed by atoms with Crippen molar-refractivity contribution in [3.8, 4) is 0 Å². The van der Waals surface area contributed by atoms with Crippen LogP contribution in [0.3, 0.4) is 0 Å². The highest BCUT2D eigenvalue weighted by atomic mass is 127. The normalized spacial score (nSPS) is 13.0. The van der Waals surface area contributed by atoms with Gasteiger partial charge in [0, 0.05) is 39.9 Å². The lowest BCUT2D eigenvalue weighted by molar-refractivity contribution is 0.0258. The fourth-order valence-corrected chi connectivity index (χ4v) is 2.39. The monoisotopic (exact) mass is 472 g/mol. The number of aliphatic imine (C=N–C) groups is 1. The Balaban J connectivity index is 0. The molecule has 0 aromatic rings. The summed E-state index contributed by atoms with van der Waals surface area (Å²) >= 11 is 0. The lowest BCUT2D eigenvalue weighted by Gasteiger charge is -2.21. The van der Waals surface area contributed by atoms with Crippen molar-refractivity contribution in [3.63, 3.8) is 0 Å². The molecule has 152 valence electrons. The maximum Gasteiger partial charge on any atom is 0.191 e. The summed E-state index contributed by atoms with van der Waals surface area (Å²) in [4.78, 5) is 6.92. The molecule has 0 saturated carbocycles. The van der Waals surface area contributed by atoms with Crippen LogP contribution in [0.5, 0.6) is 0 Å². The molecule has 0 saturated heterocycles. The molecule has 1 unspecified atom stereocenters. The number of guanidine groups is 1. The fraction of sp³-hybridized carbons (Fsp3) is 0.944. The number of rotatable bonds is 14. The SMILES string of the molecule is CCNC(=NCCCN(C)CCOC)NCCC(OCC)C(C)C.I. The van der Waals surface area contributed by atoms with Gasteiger partial charge in [-0.25, -0.2) is 0 Å². The summed E-state index contributed by atoms with van der Waals surface area (Å²) in [5, 5.41) is 6.72. The van der Waals surface area contributed by atoms with Gasteiger partial charge in [-0.3, -0.25) is 4.99 Å². The van der Waals surface area contributed by atoms with Gasteiger partial charge < -0.3 is 25.0 Å². The van der Waals surface area contributed by atoms with Crippen molar-refractivity contribution in [3.05, 3.63) is 0 Å². The number of nitrogens with zero attached hydrogens (tertiary/aromatic N) is 2. The Morgan fingerprint density at radius 3 is 2.44 bits per heavy atom. The number of ether oxygens (including phenoxy) is 2. The first kappa shape index (κ1) is 27.1. The van der Waals surface area contributed by atoms with Gasteiger partial charge >= 0.3 is 0 Å². The van der Waals surface area contributed by atoms with E-state index in [4.69, 9.17) is 9.47 Å². The number of halogens is 1. The van der Waals surface area contributed by atoms with Crippen LogP contribution >= 0.6 is 24.0 Å². The molecule has 0 aromatic carbocycles. The minimum atomic E-state index is 0. The molecule has 0 rings (SSSR count). The van der Waals surface area contributed by atoms with Crippen molar-refractivity contribution in [1.29, 1.82) is 0 Å². The highest BCUT2D eigenvalue weighted by Gasteiger charge is 2.12. The molecular formula is C18H41IN4O2. The molecule has 0 spiro atoms. The lowest BCUT2D eigenvalue weighted by atomic mass is 10.0. The van der Waals surface area contributed by atoms with E-state index in [0.717, 1.165) is 64.7 Å². The van der Waals surface area contributed by atoms with E-state index in [0.29, 0.717) is 12.0 Å². The van der Waals surface area contributed by atoms with Gasteiger partial charge in [-0.05, 0) is 46.2 Å². The number of methoxy groups -OCH3 is 1. The Morgan fingerprint density at radius 2 is 1.88 bits per heavy atom. The van der Waals surface area contributed by atoms with E-state index in [-0.39, 0.29) is 24.0 Å². The Bertz CT molecular complexity index is 317. The summed E-state index contributed by atoms with van der Waals surface area (Å²) in [6.45, 7) is 14.7. The third kappa shape index (κ3) is 15.8. The van der Waals surface area contributed by atoms with Crippen LogP contribution in [-0.2, 0) is 9.47 Å². The Hall–Kier alpha value is -0.120. The quantitative estimate of drug-likeness (QED) is 0.176. The van der Waals surface area contributed by atoms with E-state index in [9.17, 15) is 0 Å². The first-order valence-electron chi connectivity index (χ1n) is 9.36. The molecule has 0 aliphatic rings. The van der Waals surface area contributed by atoms with Crippen LogP contribution in [0.2, 0.25) is 0 Å². The summed E-state index contributed by atoms with van der Waals surface area (Å²) in [5.41, 5.74) is 0. The molecule has 0 radical (unpaired) electrons. The zero-order valence-electron chi connectivity index (χ0n) is 17.1. The largest absolute Gasteiger partial charge is 0.383 e. The zero-order chi connectivity index (χ0) is 18.2. The van der Waals surface area contributed by atoms with E-state index >= 15 is 0 Å². The van der Waals surface area contributed by atoms with Crippen LogP contribution in [0.15, 0.2) is 4.99 Å². The molecule has 2 N–H and O–H groups in total. The summed E-state index contributed by atoms with van der Waals surface area (Å²) in [6.07, 6.45) is 2.35. The van der Waals surface area contributed by atoms with Gasteiger partial charge in [0.1, 0.15) is 0 Å². The summed E-state index contributed by atoms with van der Waals surface area (Å²) in [6, 6.07) is 0. The highest BCUT2D eigenvalue weighted by Crippen LogP contribution is 2.09. The Labute approximate surface area is 172 Å². The number of nitrogens with one attached hydrogen (secondary N) is 2. The first-order chi connectivity index (χ1) is 11.5. The molecule has 0 aliphatic carbocycles. The smallest absolute Gasteiger partial charge is 0.191 e. The number of likely N-dealkylation sites (N-methyl/N-ethyl adjacent to an activating group) is 1. The van der Waals surface area contributed by atoms with Gasteiger partial charge in [0.15, 0.2) is 5.96 Å². The first-order valence-corrected chi connectivity index (χ1v) is 9.36. The van der Waals surface area contributed by atoms with Gasteiger partial charge in [-0.2, -0.15) is 0 Å². The molecule has 0 fully saturated rings. The third-order valence-electron chi connectivity index (χ3n) is 3.83. The van der Waals surface area contributed by atoms with Gasteiger partial charge in [0.2, 0.25) is 0 Å². The van der Waals surface area contributed by atoms with E-state index in [1.807, 2.05) is 0 Å². The molecule has 0 heterocycles. The van der Waals surface area contributed by atoms with E-state index < -0.39 is 0 Å². The molecule has 7 heteroatoms. The second kappa shape index (κ2) is 18.7. The standard InChI is InChI=1S/C18H40N4O2.HI/c1-7-19-18(20-11-9-13-22(5)14-15-23-6)21-12-10-17(16(3)4)24-8-2;/h16-17H,7-15H2,1-6H3,(H2,19,20,21);1H. The highest BCUT2D eigenvalue weighted by molar-refractivity contribution is 14.0. The van der Waals surface area contributed by atoms with Crippen molar-refractivity contribution >= 4 is 29.9 Å². The maximum atomic E-state index is 5.79. The third-order valence-corrected chi connectivity index (χ3v) is 3.83. The number of hydrogen-bond donors (Lipinski definition) is 2. The number of hydrogen-bond acceptors (Lipinski definition) is 4. The van der Waals surface area contributed by atoms with Crippen molar-refractivity contribution in [2.45, 2.75) is 46.6 Å². The second-order valence-electron chi connectivity index (χ2n) is 6.36. The Morgan fingerprint density at radius 1 is 1.16 bits per heavy atom.